The number of hydrogen-bond donors (Lipinski definition) is 4. The number of aromatic nitrogens is 5. The van der Waals surface area contributed by atoms with Crippen LogP contribution >= 0.6 is 11.3 Å². The monoisotopic (exact) mass is 455 g/mol. The molecule has 0 aliphatic rings. The van der Waals surface area contributed by atoms with Crippen molar-refractivity contribution in [3.05, 3.63) is 51.8 Å². The fourth-order valence-corrected chi connectivity index (χ4v) is 3.57. The summed E-state index contributed by atoms with van der Waals surface area (Å²) in [4.78, 5) is 46.1. The first-order valence-electron chi connectivity index (χ1n) is 9.80. The number of amides is 2. The maximum Gasteiger partial charge on any atom is 0.270 e. The van der Waals surface area contributed by atoms with Crippen LogP contribution in [0.4, 0.5) is 11.6 Å². The van der Waals surface area contributed by atoms with Crippen LogP contribution in [0.2, 0.25) is 0 Å². The number of carbonyl (C=O) groups is 2. The average Bonchev–Trinajstić information content (AvgIpc) is 3.24. The van der Waals surface area contributed by atoms with E-state index in [1.807, 2.05) is 20.8 Å². The average molecular weight is 456 g/mol. The molecule has 0 radical (unpaired) electrons. The van der Waals surface area contributed by atoms with Crippen molar-refractivity contribution in [2.45, 2.75) is 45.7 Å². The van der Waals surface area contributed by atoms with Crippen LogP contribution in [0.15, 0.2) is 24.9 Å². The first-order chi connectivity index (χ1) is 15.1. The van der Waals surface area contributed by atoms with Gasteiger partial charge in [0.1, 0.15) is 39.9 Å². The van der Waals surface area contributed by atoms with Gasteiger partial charge in [-0.15, -0.1) is 11.3 Å². The van der Waals surface area contributed by atoms with Crippen LogP contribution in [0, 0.1) is 0 Å². The molecule has 3 aromatic rings. The van der Waals surface area contributed by atoms with E-state index < -0.39 is 11.9 Å². The van der Waals surface area contributed by atoms with Gasteiger partial charge < -0.3 is 22.1 Å². The van der Waals surface area contributed by atoms with Crippen LogP contribution in [0.25, 0.3) is 0 Å². The van der Waals surface area contributed by atoms with Crippen molar-refractivity contribution in [2.24, 2.45) is 5.73 Å². The van der Waals surface area contributed by atoms with Gasteiger partial charge >= 0.3 is 0 Å². The summed E-state index contributed by atoms with van der Waals surface area (Å²) in [5, 5.41) is 6.11. The van der Waals surface area contributed by atoms with Crippen LogP contribution in [0.1, 0.15) is 70.2 Å². The fraction of sp³-hybridized carbons (Fsp3) is 0.350. The van der Waals surface area contributed by atoms with E-state index in [0.717, 1.165) is 17.0 Å². The van der Waals surface area contributed by atoms with E-state index in [0.29, 0.717) is 21.3 Å². The SMILES string of the molecule is CC(NC(=O)c1ncnc(N)c1CN)c1ncc(C(=O)Nc2cc(C(C)(C)C)ncn2)s1. The van der Waals surface area contributed by atoms with Crippen molar-refractivity contribution < 1.29 is 9.59 Å². The van der Waals surface area contributed by atoms with Gasteiger partial charge in [-0.05, 0) is 6.92 Å². The zero-order valence-electron chi connectivity index (χ0n) is 18.2. The zero-order chi connectivity index (χ0) is 23.5. The van der Waals surface area contributed by atoms with Gasteiger partial charge in [0.05, 0.1) is 17.9 Å². The Morgan fingerprint density at radius 1 is 1.09 bits per heavy atom. The lowest BCUT2D eigenvalue weighted by atomic mass is 9.92. The van der Waals surface area contributed by atoms with Crippen molar-refractivity contribution in [2.75, 3.05) is 11.1 Å². The molecule has 3 aromatic heterocycles. The maximum atomic E-state index is 12.6. The number of anilines is 2. The first kappa shape index (κ1) is 23.2. The van der Waals surface area contributed by atoms with Crippen molar-refractivity contribution in [3.8, 4) is 0 Å². The summed E-state index contributed by atoms with van der Waals surface area (Å²) < 4.78 is 0. The van der Waals surface area contributed by atoms with E-state index in [-0.39, 0.29) is 29.4 Å². The van der Waals surface area contributed by atoms with Crippen molar-refractivity contribution in [1.29, 1.82) is 0 Å². The highest BCUT2D eigenvalue weighted by molar-refractivity contribution is 7.13. The molecule has 3 rings (SSSR count). The van der Waals surface area contributed by atoms with E-state index in [2.05, 4.69) is 35.6 Å². The molecular weight excluding hydrogens is 430 g/mol. The molecule has 1 atom stereocenters. The Labute approximate surface area is 189 Å². The predicted octanol–water partition coefficient (Wildman–Crippen LogP) is 1.80. The topological polar surface area (TPSA) is 175 Å². The number of rotatable bonds is 6. The first-order valence-corrected chi connectivity index (χ1v) is 10.6. The number of nitrogens with one attached hydrogen (secondary N) is 2. The molecule has 3 heterocycles. The smallest absolute Gasteiger partial charge is 0.270 e. The highest BCUT2D eigenvalue weighted by atomic mass is 32.1. The fourth-order valence-electron chi connectivity index (χ4n) is 2.76. The maximum absolute atomic E-state index is 12.6. The summed E-state index contributed by atoms with van der Waals surface area (Å²) in [6.07, 6.45) is 4.08. The summed E-state index contributed by atoms with van der Waals surface area (Å²) in [5.74, 6) is -0.237. The van der Waals surface area contributed by atoms with E-state index in [9.17, 15) is 9.59 Å². The van der Waals surface area contributed by atoms with Crippen LogP contribution in [-0.4, -0.2) is 36.7 Å². The van der Waals surface area contributed by atoms with Crippen molar-refractivity contribution in [3.63, 3.8) is 0 Å². The van der Waals surface area contributed by atoms with Crippen molar-refractivity contribution >= 4 is 34.8 Å². The van der Waals surface area contributed by atoms with Crippen molar-refractivity contribution in [1.82, 2.24) is 30.2 Å². The normalized spacial score (nSPS) is 12.3. The van der Waals surface area contributed by atoms with Crippen LogP contribution in [0.5, 0.6) is 0 Å². The molecule has 32 heavy (non-hydrogen) atoms. The van der Waals surface area contributed by atoms with Crippen LogP contribution in [0.3, 0.4) is 0 Å². The second-order valence-electron chi connectivity index (χ2n) is 8.04. The summed E-state index contributed by atoms with van der Waals surface area (Å²) in [6.45, 7) is 7.87. The van der Waals surface area contributed by atoms with Gasteiger partial charge in [-0.1, -0.05) is 20.8 Å². The van der Waals surface area contributed by atoms with Gasteiger partial charge in [0, 0.05) is 23.6 Å². The zero-order valence-corrected chi connectivity index (χ0v) is 19.0. The molecule has 0 aromatic carbocycles. The number of thiazole rings is 1. The van der Waals surface area contributed by atoms with E-state index >= 15 is 0 Å². The lowest BCUT2D eigenvalue weighted by molar-refractivity contribution is 0.0933. The van der Waals surface area contributed by atoms with Gasteiger partial charge in [-0.3, -0.25) is 9.59 Å². The highest BCUT2D eigenvalue weighted by Crippen LogP contribution is 2.24. The lowest BCUT2D eigenvalue weighted by Crippen LogP contribution is -2.29. The van der Waals surface area contributed by atoms with Crippen LogP contribution < -0.4 is 22.1 Å². The molecule has 12 heteroatoms. The van der Waals surface area contributed by atoms with Gasteiger partial charge in [0.2, 0.25) is 0 Å². The molecule has 1 unspecified atom stereocenters. The summed E-state index contributed by atoms with van der Waals surface area (Å²) in [7, 11) is 0. The van der Waals surface area contributed by atoms with E-state index in [4.69, 9.17) is 11.5 Å². The van der Waals surface area contributed by atoms with Gasteiger partial charge in [-0.2, -0.15) is 0 Å². The minimum atomic E-state index is -0.470. The highest BCUT2D eigenvalue weighted by Gasteiger charge is 2.21. The molecule has 0 aliphatic carbocycles. The molecular formula is C20H25N9O2S. The van der Waals surface area contributed by atoms with Gasteiger partial charge in [0.25, 0.3) is 11.8 Å². The number of nitrogen functional groups attached to an aromatic ring is 1. The molecule has 0 saturated carbocycles. The molecule has 0 spiro atoms. The Morgan fingerprint density at radius 2 is 1.81 bits per heavy atom. The molecule has 0 aliphatic heterocycles. The Kier molecular flexibility index (Phi) is 6.75. The minimum Gasteiger partial charge on any atom is -0.383 e. The predicted molar refractivity (Wildman–Crippen MR) is 121 cm³/mol. The lowest BCUT2D eigenvalue weighted by Gasteiger charge is -2.17. The minimum absolute atomic E-state index is 0.0331. The molecule has 2 amide bonds. The second-order valence-corrected chi connectivity index (χ2v) is 9.10. The molecule has 11 nitrogen and oxygen atoms in total. The molecule has 6 N–H and O–H groups in total. The quantitative estimate of drug-likeness (QED) is 0.432. The Bertz CT molecular complexity index is 1140. The number of carbonyl (C=O) groups excluding carboxylic acids is 2. The second kappa shape index (κ2) is 9.32. The Balaban J connectivity index is 1.69. The van der Waals surface area contributed by atoms with Crippen LogP contribution in [-0.2, 0) is 12.0 Å². The molecule has 0 bridgehead atoms. The number of nitrogens with two attached hydrogens (primary N) is 2. The molecule has 0 fully saturated rings. The van der Waals surface area contributed by atoms with E-state index in [1.54, 1.807) is 13.0 Å². The summed E-state index contributed by atoms with van der Waals surface area (Å²) >= 11 is 1.16. The summed E-state index contributed by atoms with van der Waals surface area (Å²) in [5.41, 5.74) is 12.5. The third kappa shape index (κ3) is 5.21. The number of nitrogens with zero attached hydrogens (tertiary/aromatic N) is 5. The number of hydrogen-bond acceptors (Lipinski definition) is 10. The van der Waals surface area contributed by atoms with Gasteiger partial charge in [-0.25, -0.2) is 24.9 Å². The third-order valence-electron chi connectivity index (χ3n) is 4.54. The van der Waals surface area contributed by atoms with Gasteiger partial charge in [0.15, 0.2) is 0 Å². The largest absolute Gasteiger partial charge is 0.383 e. The Morgan fingerprint density at radius 3 is 2.50 bits per heavy atom. The third-order valence-corrected chi connectivity index (χ3v) is 5.72. The van der Waals surface area contributed by atoms with E-state index in [1.165, 1.54) is 18.9 Å². The molecule has 168 valence electrons. The molecule has 0 saturated heterocycles. The summed E-state index contributed by atoms with van der Waals surface area (Å²) in [6, 6.07) is 1.27. The standard InChI is InChI=1S/C20H25N9O2S/c1-10(28-18(31)15-11(6-21)16(22)27-9-26-15)19-23-7-12(32-19)17(30)29-14-5-13(20(2,3)4)24-8-25-14/h5,7-10H,6,21H2,1-4H3,(H,28,31)(H2,22,26,27)(H,24,25,29,30). The Hall–Kier alpha value is -3.51.